The number of ether oxygens (including phenoxy) is 1. The SMILES string of the molecule is CNC(=O)[C@@H]1C[C@H]2CCN(c3nnc(C)s3)C[C@@H]2O1. The second kappa shape index (κ2) is 5.05. The van der Waals surface area contributed by atoms with E-state index in [1.807, 2.05) is 6.92 Å². The Bertz CT molecular complexity index is 478. The number of aromatic nitrogens is 2. The van der Waals surface area contributed by atoms with Gasteiger partial charge in [-0.05, 0) is 25.7 Å². The number of amides is 1. The van der Waals surface area contributed by atoms with Gasteiger partial charge in [0.1, 0.15) is 11.1 Å². The predicted molar refractivity (Wildman–Crippen MR) is 72.3 cm³/mol. The molecule has 2 aliphatic heterocycles. The molecule has 7 heteroatoms. The summed E-state index contributed by atoms with van der Waals surface area (Å²) in [6.07, 6.45) is 1.75. The van der Waals surface area contributed by atoms with E-state index in [0.717, 1.165) is 36.1 Å². The van der Waals surface area contributed by atoms with Crippen LogP contribution >= 0.6 is 11.3 Å². The number of carbonyl (C=O) groups is 1. The second-order valence-electron chi connectivity index (χ2n) is 5.11. The molecular formula is C12H18N4O2S. The molecule has 3 heterocycles. The van der Waals surface area contributed by atoms with E-state index in [1.165, 1.54) is 0 Å². The van der Waals surface area contributed by atoms with Gasteiger partial charge in [0.05, 0.1) is 6.10 Å². The molecule has 19 heavy (non-hydrogen) atoms. The number of piperidine rings is 1. The Morgan fingerprint density at radius 3 is 3.05 bits per heavy atom. The van der Waals surface area contributed by atoms with Crippen molar-refractivity contribution in [1.82, 2.24) is 15.5 Å². The first-order valence-electron chi connectivity index (χ1n) is 6.59. The topological polar surface area (TPSA) is 67.4 Å². The first-order valence-corrected chi connectivity index (χ1v) is 7.41. The maximum atomic E-state index is 11.6. The number of hydrogen-bond donors (Lipinski definition) is 1. The molecule has 6 nitrogen and oxygen atoms in total. The highest BCUT2D eigenvalue weighted by Gasteiger charge is 2.42. The maximum absolute atomic E-state index is 11.6. The Morgan fingerprint density at radius 1 is 1.53 bits per heavy atom. The van der Waals surface area contributed by atoms with Crippen molar-refractivity contribution in [3.05, 3.63) is 5.01 Å². The van der Waals surface area contributed by atoms with Crippen molar-refractivity contribution in [2.75, 3.05) is 25.0 Å². The smallest absolute Gasteiger partial charge is 0.248 e. The number of nitrogens with zero attached hydrogens (tertiary/aromatic N) is 3. The van der Waals surface area contributed by atoms with E-state index in [-0.39, 0.29) is 18.1 Å². The summed E-state index contributed by atoms with van der Waals surface area (Å²) in [4.78, 5) is 13.9. The van der Waals surface area contributed by atoms with Gasteiger partial charge in [-0.3, -0.25) is 4.79 Å². The summed E-state index contributed by atoms with van der Waals surface area (Å²) in [5, 5.41) is 12.8. The molecule has 104 valence electrons. The second-order valence-corrected chi connectivity index (χ2v) is 6.27. The Balaban J connectivity index is 1.66. The summed E-state index contributed by atoms with van der Waals surface area (Å²) in [6, 6.07) is 0. The average molecular weight is 282 g/mol. The molecule has 1 N–H and O–H groups in total. The lowest BCUT2D eigenvalue weighted by atomic mass is 9.92. The number of carbonyl (C=O) groups excluding carboxylic acids is 1. The van der Waals surface area contributed by atoms with E-state index in [4.69, 9.17) is 4.74 Å². The van der Waals surface area contributed by atoms with Crippen molar-refractivity contribution < 1.29 is 9.53 Å². The van der Waals surface area contributed by atoms with E-state index in [2.05, 4.69) is 20.4 Å². The van der Waals surface area contributed by atoms with Crippen LogP contribution in [0, 0.1) is 12.8 Å². The van der Waals surface area contributed by atoms with E-state index >= 15 is 0 Å². The van der Waals surface area contributed by atoms with Crippen LogP contribution in [-0.4, -0.2) is 48.4 Å². The van der Waals surface area contributed by atoms with Gasteiger partial charge in [-0.2, -0.15) is 0 Å². The summed E-state index contributed by atoms with van der Waals surface area (Å²) in [5.74, 6) is 0.486. The fourth-order valence-electron chi connectivity index (χ4n) is 2.85. The number of nitrogens with one attached hydrogen (secondary N) is 1. The minimum absolute atomic E-state index is 0.00675. The molecule has 0 saturated carbocycles. The van der Waals surface area contributed by atoms with Gasteiger partial charge in [0.2, 0.25) is 11.0 Å². The quantitative estimate of drug-likeness (QED) is 0.859. The van der Waals surface area contributed by atoms with Crippen molar-refractivity contribution in [3.8, 4) is 0 Å². The summed E-state index contributed by atoms with van der Waals surface area (Å²) in [5.41, 5.74) is 0. The predicted octanol–water partition coefficient (Wildman–Crippen LogP) is 0.576. The minimum Gasteiger partial charge on any atom is -0.363 e. The molecule has 0 radical (unpaired) electrons. The van der Waals surface area contributed by atoms with Crippen LogP contribution in [0.5, 0.6) is 0 Å². The van der Waals surface area contributed by atoms with Crippen molar-refractivity contribution in [3.63, 3.8) is 0 Å². The van der Waals surface area contributed by atoms with Gasteiger partial charge in [-0.1, -0.05) is 11.3 Å². The van der Waals surface area contributed by atoms with E-state index < -0.39 is 0 Å². The van der Waals surface area contributed by atoms with Gasteiger partial charge in [0.15, 0.2) is 0 Å². The van der Waals surface area contributed by atoms with Crippen molar-refractivity contribution in [2.45, 2.75) is 32.0 Å². The Morgan fingerprint density at radius 2 is 2.37 bits per heavy atom. The van der Waals surface area contributed by atoms with Crippen molar-refractivity contribution in [1.29, 1.82) is 0 Å². The van der Waals surface area contributed by atoms with Crippen molar-refractivity contribution >= 4 is 22.4 Å². The number of fused-ring (bicyclic) bond motifs is 1. The van der Waals surface area contributed by atoms with Crippen LogP contribution in [0.2, 0.25) is 0 Å². The van der Waals surface area contributed by atoms with Crippen LogP contribution in [0.15, 0.2) is 0 Å². The molecule has 1 aromatic heterocycles. The van der Waals surface area contributed by atoms with Crippen LogP contribution < -0.4 is 10.2 Å². The third kappa shape index (κ3) is 2.44. The van der Waals surface area contributed by atoms with Crippen LogP contribution in [0.3, 0.4) is 0 Å². The highest BCUT2D eigenvalue weighted by Crippen LogP contribution is 2.35. The minimum atomic E-state index is -0.281. The molecule has 0 spiro atoms. The number of aryl methyl sites for hydroxylation is 1. The standard InChI is InChI=1S/C12H18N4O2S/c1-7-14-15-12(19-7)16-4-3-8-5-9(11(17)13-2)18-10(8)6-16/h8-10H,3-6H2,1-2H3,(H,13,17)/t8-,9+,10+/m1/s1. The molecule has 2 fully saturated rings. The zero-order chi connectivity index (χ0) is 13.4. The van der Waals surface area contributed by atoms with Gasteiger partial charge in [0.25, 0.3) is 0 Å². The summed E-state index contributed by atoms with van der Waals surface area (Å²) >= 11 is 1.61. The zero-order valence-electron chi connectivity index (χ0n) is 11.1. The summed E-state index contributed by atoms with van der Waals surface area (Å²) in [6.45, 7) is 3.74. The lowest BCUT2D eigenvalue weighted by Crippen LogP contribution is -2.42. The summed E-state index contributed by atoms with van der Waals surface area (Å²) in [7, 11) is 1.66. The zero-order valence-corrected chi connectivity index (χ0v) is 11.9. The van der Waals surface area contributed by atoms with Gasteiger partial charge < -0.3 is 15.0 Å². The Labute approximate surface area is 116 Å². The lowest BCUT2D eigenvalue weighted by molar-refractivity contribution is -0.131. The number of anilines is 1. The lowest BCUT2D eigenvalue weighted by Gasteiger charge is -2.33. The molecule has 0 unspecified atom stereocenters. The van der Waals surface area contributed by atoms with Gasteiger partial charge >= 0.3 is 0 Å². The molecule has 3 atom stereocenters. The highest BCUT2D eigenvalue weighted by atomic mass is 32.1. The van der Waals surface area contributed by atoms with Gasteiger partial charge in [0, 0.05) is 20.1 Å². The van der Waals surface area contributed by atoms with Crippen LogP contribution in [0.25, 0.3) is 0 Å². The molecule has 0 bridgehead atoms. The molecule has 0 aliphatic carbocycles. The van der Waals surface area contributed by atoms with Gasteiger partial charge in [-0.15, -0.1) is 10.2 Å². The number of likely N-dealkylation sites (N-methyl/N-ethyl adjacent to an activating group) is 1. The number of rotatable bonds is 2. The van der Waals surface area contributed by atoms with Crippen LogP contribution in [-0.2, 0) is 9.53 Å². The monoisotopic (exact) mass is 282 g/mol. The molecule has 1 aromatic rings. The molecule has 1 amide bonds. The molecule has 0 aromatic carbocycles. The molecular weight excluding hydrogens is 264 g/mol. The third-order valence-electron chi connectivity index (χ3n) is 3.88. The van der Waals surface area contributed by atoms with E-state index in [9.17, 15) is 4.79 Å². The van der Waals surface area contributed by atoms with Crippen LogP contribution in [0.4, 0.5) is 5.13 Å². The molecule has 2 saturated heterocycles. The highest BCUT2D eigenvalue weighted by molar-refractivity contribution is 7.15. The van der Waals surface area contributed by atoms with Gasteiger partial charge in [-0.25, -0.2) is 0 Å². The fraction of sp³-hybridized carbons (Fsp3) is 0.750. The average Bonchev–Trinajstić information content (AvgIpc) is 3.02. The third-order valence-corrected chi connectivity index (χ3v) is 4.78. The summed E-state index contributed by atoms with van der Waals surface area (Å²) < 4.78 is 5.88. The van der Waals surface area contributed by atoms with E-state index in [0.29, 0.717) is 5.92 Å². The molecule has 3 rings (SSSR count). The largest absolute Gasteiger partial charge is 0.363 e. The molecule has 2 aliphatic rings. The van der Waals surface area contributed by atoms with E-state index in [1.54, 1.807) is 18.4 Å². The maximum Gasteiger partial charge on any atom is 0.248 e. The van der Waals surface area contributed by atoms with Crippen LogP contribution in [0.1, 0.15) is 17.8 Å². The number of hydrogen-bond acceptors (Lipinski definition) is 6. The normalized spacial score (nSPS) is 30.2. The Kier molecular flexibility index (Phi) is 3.40. The first-order chi connectivity index (χ1) is 9.17. The fourth-order valence-corrected chi connectivity index (χ4v) is 3.57. The Hall–Kier alpha value is -1.21. The van der Waals surface area contributed by atoms with Crippen molar-refractivity contribution in [2.24, 2.45) is 5.92 Å². The first kappa shape index (κ1) is 12.8.